The minimum absolute atomic E-state index is 0.114. The largest absolute Gasteiger partial charge is 0.339 e. The van der Waals surface area contributed by atoms with E-state index < -0.39 is 0 Å². The first-order valence-electron chi connectivity index (χ1n) is 10.4. The van der Waals surface area contributed by atoms with E-state index in [1.54, 1.807) is 4.90 Å². The number of amides is 3. The Morgan fingerprint density at radius 1 is 0.862 bits per heavy atom. The van der Waals surface area contributed by atoms with Crippen LogP contribution in [0.4, 0.5) is 10.5 Å². The Kier molecular flexibility index (Phi) is 6.91. The molecule has 2 aromatic carbocycles. The smallest absolute Gasteiger partial charge is 0.321 e. The molecule has 154 valence electrons. The Morgan fingerprint density at radius 2 is 1.45 bits per heavy atom. The summed E-state index contributed by atoms with van der Waals surface area (Å²) in [7, 11) is 0. The van der Waals surface area contributed by atoms with Crippen molar-refractivity contribution in [3.05, 3.63) is 65.7 Å². The second-order valence-corrected chi connectivity index (χ2v) is 8.17. The van der Waals surface area contributed by atoms with Gasteiger partial charge in [-0.05, 0) is 42.5 Å². The van der Waals surface area contributed by atoms with E-state index in [9.17, 15) is 9.59 Å². The maximum atomic E-state index is 12.9. The van der Waals surface area contributed by atoms with Crippen molar-refractivity contribution in [3.8, 4) is 0 Å². The van der Waals surface area contributed by atoms with E-state index in [1.165, 1.54) is 5.56 Å². The van der Waals surface area contributed by atoms with Gasteiger partial charge in [0.15, 0.2) is 0 Å². The molecule has 1 saturated heterocycles. The van der Waals surface area contributed by atoms with Gasteiger partial charge in [0.05, 0.1) is 5.92 Å². The highest BCUT2D eigenvalue weighted by molar-refractivity contribution is 5.89. The van der Waals surface area contributed by atoms with Crippen molar-refractivity contribution in [3.63, 3.8) is 0 Å². The molecular weight excluding hydrogens is 362 g/mol. The van der Waals surface area contributed by atoms with Crippen molar-refractivity contribution in [2.75, 3.05) is 31.5 Å². The Labute approximate surface area is 173 Å². The molecule has 1 aliphatic heterocycles. The molecule has 1 atom stereocenters. The molecule has 0 aliphatic carbocycles. The van der Waals surface area contributed by atoms with Gasteiger partial charge in [0.1, 0.15) is 0 Å². The molecule has 0 aromatic heterocycles. The van der Waals surface area contributed by atoms with Gasteiger partial charge in [-0.3, -0.25) is 4.79 Å². The number of hydrogen-bond donors (Lipinski definition) is 1. The molecule has 1 N–H and O–H groups in total. The zero-order valence-corrected chi connectivity index (χ0v) is 17.6. The summed E-state index contributed by atoms with van der Waals surface area (Å²) in [5.74, 6) is 0.577. The Morgan fingerprint density at radius 3 is 2.03 bits per heavy atom. The summed E-state index contributed by atoms with van der Waals surface area (Å²) in [4.78, 5) is 29.0. The summed E-state index contributed by atoms with van der Waals surface area (Å²) in [5, 5.41) is 2.91. The van der Waals surface area contributed by atoms with Crippen LogP contribution in [0, 0.1) is 5.92 Å². The first-order chi connectivity index (χ1) is 13.9. The lowest BCUT2D eigenvalue weighted by Crippen LogP contribution is -2.52. The van der Waals surface area contributed by atoms with Gasteiger partial charge in [-0.1, -0.05) is 56.3 Å². The number of anilines is 1. The second kappa shape index (κ2) is 9.59. The van der Waals surface area contributed by atoms with Gasteiger partial charge < -0.3 is 15.1 Å². The Bertz CT molecular complexity index is 810. The van der Waals surface area contributed by atoms with E-state index in [0.717, 1.165) is 17.7 Å². The van der Waals surface area contributed by atoms with Crippen molar-refractivity contribution >= 4 is 17.6 Å². The molecule has 2 aromatic rings. The Balaban J connectivity index is 1.52. The summed E-state index contributed by atoms with van der Waals surface area (Å²) in [6.45, 7) is 8.61. The second-order valence-electron chi connectivity index (χ2n) is 8.17. The average molecular weight is 394 g/mol. The highest BCUT2D eigenvalue weighted by atomic mass is 16.2. The van der Waals surface area contributed by atoms with Gasteiger partial charge in [-0.2, -0.15) is 0 Å². The van der Waals surface area contributed by atoms with Gasteiger partial charge in [0.25, 0.3) is 0 Å². The summed E-state index contributed by atoms with van der Waals surface area (Å²) < 4.78 is 0. The first kappa shape index (κ1) is 20.9. The molecule has 0 spiro atoms. The quantitative estimate of drug-likeness (QED) is 0.820. The van der Waals surface area contributed by atoms with E-state index in [-0.39, 0.29) is 17.9 Å². The number of hydrogen-bond acceptors (Lipinski definition) is 2. The molecule has 3 rings (SSSR count). The summed E-state index contributed by atoms with van der Waals surface area (Å²) in [5.41, 5.74) is 3.14. The van der Waals surface area contributed by atoms with Crippen molar-refractivity contribution in [2.24, 2.45) is 5.92 Å². The Hall–Kier alpha value is -2.82. The van der Waals surface area contributed by atoms with E-state index in [0.29, 0.717) is 32.1 Å². The molecule has 5 heteroatoms. The van der Waals surface area contributed by atoms with Crippen LogP contribution in [0.25, 0.3) is 0 Å². The fourth-order valence-corrected chi connectivity index (χ4v) is 3.68. The number of carbonyl (C=O) groups is 2. The van der Waals surface area contributed by atoms with Crippen molar-refractivity contribution < 1.29 is 9.59 Å². The monoisotopic (exact) mass is 393 g/mol. The third-order valence-electron chi connectivity index (χ3n) is 5.40. The molecule has 1 fully saturated rings. The zero-order valence-electron chi connectivity index (χ0n) is 17.6. The number of carbonyl (C=O) groups excluding carboxylic acids is 2. The number of rotatable bonds is 5. The topological polar surface area (TPSA) is 52.7 Å². The molecule has 3 amide bonds. The third kappa shape index (κ3) is 5.59. The molecule has 1 aliphatic rings. The highest BCUT2D eigenvalue weighted by Gasteiger charge is 2.27. The molecule has 5 nitrogen and oxygen atoms in total. The number of piperazine rings is 1. The van der Waals surface area contributed by atoms with Crippen LogP contribution in [0.15, 0.2) is 54.6 Å². The number of nitrogens with zero attached hydrogens (tertiary/aromatic N) is 2. The van der Waals surface area contributed by atoms with Crippen LogP contribution in [0.3, 0.4) is 0 Å². The maximum Gasteiger partial charge on any atom is 0.321 e. The van der Waals surface area contributed by atoms with Crippen LogP contribution in [-0.2, 0) is 11.2 Å². The van der Waals surface area contributed by atoms with E-state index in [2.05, 4.69) is 43.4 Å². The standard InChI is InChI=1S/C24H31N3O2/c1-18(2)17-20-9-11-21(12-10-20)19(3)23(28)26-13-15-27(16-14-26)24(29)25-22-7-5-4-6-8-22/h4-12,18-19H,13-17H2,1-3H3,(H,25,29). The van der Waals surface area contributed by atoms with Crippen molar-refractivity contribution in [2.45, 2.75) is 33.1 Å². The number of benzene rings is 2. The van der Waals surface area contributed by atoms with Crippen LogP contribution in [0.2, 0.25) is 0 Å². The van der Waals surface area contributed by atoms with Gasteiger partial charge in [0, 0.05) is 31.9 Å². The molecular formula is C24H31N3O2. The van der Waals surface area contributed by atoms with Crippen molar-refractivity contribution in [1.82, 2.24) is 9.80 Å². The summed E-state index contributed by atoms with van der Waals surface area (Å²) in [6.07, 6.45) is 1.05. The SMILES string of the molecule is CC(C)Cc1ccc(C(C)C(=O)N2CCN(C(=O)Nc3ccccc3)CC2)cc1. The van der Waals surface area contributed by atoms with E-state index in [1.807, 2.05) is 42.2 Å². The minimum atomic E-state index is -0.173. The van der Waals surface area contributed by atoms with Crippen LogP contribution >= 0.6 is 0 Å². The van der Waals surface area contributed by atoms with E-state index >= 15 is 0 Å². The van der Waals surface area contributed by atoms with Gasteiger partial charge in [0.2, 0.25) is 5.91 Å². The van der Waals surface area contributed by atoms with Gasteiger partial charge >= 0.3 is 6.03 Å². The lowest BCUT2D eigenvalue weighted by Gasteiger charge is -2.36. The maximum absolute atomic E-state index is 12.9. The first-order valence-corrected chi connectivity index (χ1v) is 10.4. The normalized spacial score (nSPS) is 15.3. The predicted octanol–water partition coefficient (Wildman–Crippen LogP) is 4.36. The fourth-order valence-electron chi connectivity index (χ4n) is 3.68. The van der Waals surface area contributed by atoms with Crippen LogP contribution in [0.1, 0.15) is 37.8 Å². The zero-order chi connectivity index (χ0) is 20.8. The average Bonchev–Trinajstić information content (AvgIpc) is 2.73. The fraction of sp³-hybridized carbons (Fsp3) is 0.417. The molecule has 0 bridgehead atoms. The van der Waals surface area contributed by atoms with Crippen LogP contribution < -0.4 is 5.32 Å². The third-order valence-corrected chi connectivity index (χ3v) is 5.40. The summed E-state index contributed by atoms with van der Waals surface area (Å²) >= 11 is 0. The van der Waals surface area contributed by atoms with Crippen LogP contribution in [-0.4, -0.2) is 47.9 Å². The number of urea groups is 1. The lowest BCUT2D eigenvalue weighted by molar-refractivity contribution is -0.133. The highest BCUT2D eigenvalue weighted by Crippen LogP contribution is 2.21. The van der Waals surface area contributed by atoms with Crippen LogP contribution in [0.5, 0.6) is 0 Å². The molecule has 0 saturated carbocycles. The summed E-state index contributed by atoms with van der Waals surface area (Å²) in [6, 6.07) is 17.7. The van der Waals surface area contributed by atoms with Crippen molar-refractivity contribution in [1.29, 1.82) is 0 Å². The molecule has 0 radical (unpaired) electrons. The number of para-hydroxylation sites is 1. The molecule has 1 heterocycles. The predicted molar refractivity (Wildman–Crippen MR) is 117 cm³/mol. The lowest BCUT2D eigenvalue weighted by atomic mass is 9.95. The van der Waals surface area contributed by atoms with Gasteiger partial charge in [-0.15, -0.1) is 0 Å². The molecule has 29 heavy (non-hydrogen) atoms. The molecule has 1 unspecified atom stereocenters. The van der Waals surface area contributed by atoms with Gasteiger partial charge in [-0.25, -0.2) is 4.79 Å². The minimum Gasteiger partial charge on any atom is -0.339 e. The number of nitrogens with one attached hydrogen (secondary N) is 1. The van der Waals surface area contributed by atoms with E-state index in [4.69, 9.17) is 0 Å².